The van der Waals surface area contributed by atoms with Gasteiger partial charge >= 0.3 is 6.09 Å². The lowest BCUT2D eigenvalue weighted by molar-refractivity contribution is 0.0836. The number of nitrogens with one attached hydrogen (secondary N) is 1. The maximum Gasteiger partial charge on any atom is 0.407 e. The highest BCUT2D eigenvalue weighted by atomic mass is 16.6. The Labute approximate surface area is 152 Å². The Morgan fingerprint density at radius 3 is 2.58 bits per heavy atom. The van der Waals surface area contributed by atoms with E-state index in [2.05, 4.69) is 20.4 Å². The molecule has 26 heavy (non-hydrogen) atoms. The van der Waals surface area contributed by atoms with E-state index in [1.807, 2.05) is 19.1 Å². The van der Waals surface area contributed by atoms with Crippen LogP contribution in [0.1, 0.15) is 19.8 Å². The molecule has 1 aliphatic rings. The van der Waals surface area contributed by atoms with E-state index in [1.165, 1.54) is 0 Å². The number of hydrogen-bond acceptors (Lipinski definition) is 7. The molecule has 0 atom stereocenters. The third-order valence-corrected chi connectivity index (χ3v) is 4.48. The molecule has 2 heterocycles. The van der Waals surface area contributed by atoms with E-state index in [1.54, 1.807) is 20.4 Å². The second-order valence-electron chi connectivity index (χ2n) is 6.08. The van der Waals surface area contributed by atoms with Gasteiger partial charge in [0.05, 0.1) is 20.4 Å². The molecule has 1 amide bonds. The summed E-state index contributed by atoms with van der Waals surface area (Å²) in [5, 5.41) is 13.0. The van der Waals surface area contributed by atoms with Crippen LogP contribution >= 0.6 is 0 Å². The van der Waals surface area contributed by atoms with Crippen LogP contribution < -0.4 is 19.7 Å². The van der Waals surface area contributed by atoms with Crippen molar-refractivity contribution >= 4 is 22.7 Å². The van der Waals surface area contributed by atoms with Gasteiger partial charge in [-0.15, -0.1) is 5.10 Å². The highest BCUT2D eigenvalue weighted by Gasteiger charge is 2.24. The minimum Gasteiger partial charge on any atom is -0.493 e. The zero-order valence-electron chi connectivity index (χ0n) is 15.3. The van der Waals surface area contributed by atoms with Gasteiger partial charge in [0.25, 0.3) is 0 Å². The van der Waals surface area contributed by atoms with Crippen LogP contribution in [-0.4, -0.2) is 56.2 Å². The second kappa shape index (κ2) is 8.07. The van der Waals surface area contributed by atoms with Crippen LogP contribution in [-0.2, 0) is 4.74 Å². The van der Waals surface area contributed by atoms with Crippen molar-refractivity contribution in [3.8, 4) is 11.5 Å². The number of methoxy groups -OCH3 is 2. The Kier molecular flexibility index (Phi) is 5.60. The average Bonchev–Trinajstić information content (AvgIpc) is 2.67. The van der Waals surface area contributed by atoms with E-state index < -0.39 is 0 Å². The number of ether oxygens (including phenoxy) is 3. The minimum atomic E-state index is -0.354. The van der Waals surface area contributed by atoms with Gasteiger partial charge in [-0.05, 0) is 19.1 Å². The van der Waals surface area contributed by atoms with Gasteiger partial charge in [-0.25, -0.2) is 4.79 Å². The van der Waals surface area contributed by atoms with Gasteiger partial charge in [-0.1, -0.05) is 0 Å². The molecule has 1 saturated heterocycles. The van der Waals surface area contributed by atoms with Gasteiger partial charge in [0.1, 0.15) is 6.10 Å². The summed E-state index contributed by atoms with van der Waals surface area (Å²) in [6.07, 6.45) is 2.79. The lowest BCUT2D eigenvalue weighted by Crippen LogP contribution is -2.40. The van der Waals surface area contributed by atoms with Gasteiger partial charge in [0.2, 0.25) is 0 Å². The molecule has 1 fully saturated rings. The Morgan fingerprint density at radius 1 is 1.23 bits per heavy atom. The molecule has 0 bridgehead atoms. The molecule has 3 rings (SSSR count). The Morgan fingerprint density at radius 2 is 1.92 bits per heavy atom. The molecule has 0 spiro atoms. The summed E-state index contributed by atoms with van der Waals surface area (Å²) in [6, 6.07) is 3.83. The van der Waals surface area contributed by atoms with E-state index in [0.717, 1.165) is 42.5 Å². The first-order valence-corrected chi connectivity index (χ1v) is 8.73. The normalized spacial score (nSPS) is 15.0. The first-order chi connectivity index (χ1) is 12.7. The van der Waals surface area contributed by atoms with Crippen LogP contribution in [0.3, 0.4) is 0 Å². The number of hydrogen-bond donors (Lipinski definition) is 1. The fraction of sp³-hybridized carbons (Fsp3) is 0.500. The van der Waals surface area contributed by atoms with Gasteiger partial charge in [-0.3, -0.25) is 0 Å². The molecular formula is C18H24N4O4. The molecular weight excluding hydrogens is 336 g/mol. The molecule has 0 unspecified atom stereocenters. The van der Waals surface area contributed by atoms with Crippen molar-refractivity contribution in [3.63, 3.8) is 0 Å². The smallest absolute Gasteiger partial charge is 0.407 e. The topological polar surface area (TPSA) is 85.8 Å². The Balaban J connectivity index is 1.78. The van der Waals surface area contributed by atoms with Gasteiger partial charge in [0.15, 0.2) is 17.3 Å². The molecule has 0 radical (unpaired) electrons. The molecule has 2 aromatic rings. The van der Waals surface area contributed by atoms with E-state index >= 15 is 0 Å². The molecule has 140 valence electrons. The lowest BCUT2D eigenvalue weighted by atomic mass is 10.1. The summed E-state index contributed by atoms with van der Waals surface area (Å²) < 4.78 is 16.2. The number of nitrogens with zero attached hydrogens (tertiary/aromatic N) is 3. The third kappa shape index (κ3) is 3.74. The summed E-state index contributed by atoms with van der Waals surface area (Å²) in [5.74, 6) is 2.12. The number of carbonyl (C=O) groups excluding carboxylic acids is 1. The molecule has 1 N–H and O–H groups in total. The van der Waals surface area contributed by atoms with Crippen molar-refractivity contribution in [2.45, 2.75) is 25.9 Å². The van der Waals surface area contributed by atoms with E-state index in [9.17, 15) is 4.79 Å². The number of aromatic nitrogens is 2. The molecule has 0 saturated carbocycles. The predicted octanol–water partition coefficient (Wildman–Crippen LogP) is 2.36. The summed E-state index contributed by atoms with van der Waals surface area (Å²) in [4.78, 5) is 13.7. The number of amides is 1. The number of anilines is 1. The molecule has 0 aliphatic carbocycles. The van der Waals surface area contributed by atoms with Crippen molar-refractivity contribution in [1.29, 1.82) is 0 Å². The quantitative estimate of drug-likeness (QED) is 0.876. The van der Waals surface area contributed by atoms with Gasteiger partial charge in [0, 0.05) is 43.2 Å². The van der Waals surface area contributed by atoms with Crippen molar-refractivity contribution in [1.82, 2.24) is 15.5 Å². The molecule has 1 aromatic carbocycles. The van der Waals surface area contributed by atoms with Crippen molar-refractivity contribution < 1.29 is 19.0 Å². The van der Waals surface area contributed by atoms with E-state index in [-0.39, 0.29) is 12.2 Å². The first-order valence-electron chi connectivity index (χ1n) is 8.73. The standard InChI is InChI=1S/C18H24N4O4/c1-4-19-18(23)26-13-5-7-22(8-6-13)17-14-10-16(25-3)15(24-2)9-12(14)11-20-21-17/h9-11,13H,4-8H2,1-3H3,(H,19,23). The zero-order chi connectivity index (χ0) is 18.5. The third-order valence-electron chi connectivity index (χ3n) is 4.48. The Bertz CT molecular complexity index is 775. The number of rotatable bonds is 5. The summed E-state index contributed by atoms with van der Waals surface area (Å²) in [7, 11) is 3.22. The van der Waals surface area contributed by atoms with Crippen LogP contribution in [0.25, 0.3) is 10.8 Å². The fourth-order valence-corrected chi connectivity index (χ4v) is 3.15. The number of benzene rings is 1. The molecule has 8 nitrogen and oxygen atoms in total. The van der Waals surface area contributed by atoms with Crippen LogP contribution in [0.15, 0.2) is 18.3 Å². The van der Waals surface area contributed by atoms with Crippen LogP contribution in [0.4, 0.5) is 10.6 Å². The Hall–Kier alpha value is -2.77. The number of piperidine rings is 1. The van der Waals surface area contributed by atoms with Crippen LogP contribution in [0, 0.1) is 0 Å². The monoisotopic (exact) mass is 360 g/mol. The molecule has 1 aliphatic heterocycles. The number of fused-ring (bicyclic) bond motifs is 1. The number of carbonyl (C=O) groups is 1. The zero-order valence-corrected chi connectivity index (χ0v) is 15.3. The molecule has 1 aromatic heterocycles. The van der Waals surface area contributed by atoms with Gasteiger partial charge < -0.3 is 24.4 Å². The maximum absolute atomic E-state index is 11.6. The van der Waals surface area contributed by atoms with E-state index in [4.69, 9.17) is 14.2 Å². The SMILES string of the molecule is CCNC(=O)OC1CCN(c2nncc3cc(OC)c(OC)cc23)CC1. The van der Waals surface area contributed by atoms with Crippen molar-refractivity contribution in [2.24, 2.45) is 0 Å². The lowest BCUT2D eigenvalue weighted by Gasteiger charge is -2.32. The average molecular weight is 360 g/mol. The fourth-order valence-electron chi connectivity index (χ4n) is 3.15. The summed E-state index contributed by atoms with van der Waals surface area (Å²) in [5.41, 5.74) is 0. The van der Waals surface area contributed by atoms with Crippen molar-refractivity contribution in [3.05, 3.63) is 18.3 Å². The highest BCUT2D eigenvalue weighted by Crippen LogP contribution is 2.35. The van der Waals surface area contributed by atoms with Crippen molar-refractivity contribution in [2.75, 3.05) is 38.8 Å². The maximum atomic E-state index is 11.6. The highest BCUT2D eigenvalue weighted by molar-refractivity contribution is 5.94. The second-order valence-corrected chi connectivity index (χ2v) is 6.08. The molecule has 8 heteroatoms. The predicted molar refractivity (Wildman–Crippen MR) is 98.0 cm³/mol. The van der Waals surface area contributed by atoms with E-state index in [0.29, 0.717) is 18.0 Å². The summed E-state index contributed by atoms with van der Waals surface area (Å²) >= 11 is 0. The largest absolute Gasteiger partial charge is 0.493 e. The number of alkyl carbamates (subject to hydrolysis) is 1. The van der Waals surface area contributed by atoms with Gasteiger partial charge in [-0.2, -0.15) is 5.10 Å². The van der Waals surface area contributed by atoms with Crippen LogP contribution in [0.5, 0.6) is 11.5 Å². The summed E-state index contributed by atoms with van der Waals surface area (Å²) in [6.45, 7) is 3.92. The first kappa shape index (κ1) is 18.0. The minimum absolute atomic E-state index is 0.0737. The van der Waals surface area contributed by atoms with Crippen LogP contribution in [0.2, 0.25) is 0 Å².